The Kier molecular flexibility index (Phi) is 4.77. The Labute approximate surface area is 164 Å². The first kappa shape index (κ1) is 18.1. The highest BCUT2D eigenvalue weighted by Crippen LogP contribution is 2.42. The first-order valence-corrected chi connectivity index (χ1v) is 9.34. The largest absolute Gasteiger partial charge is 0.497 e. The van der Waals surface area contributed by atoms with Crippen LogP contribution in [-0.2, 0) is 11.2 Å². The molecular weight excluding hydrogens is 354 g/mol. The second-order valence-electron chi connectivity index (χ2n) is 6.76. The Morgan fingerprint density at radius 1 is 1.14 bits per heavy atom. The number of para-hydroxylation sites is 1. The van der Waals surface area contributed by atoms with Gasteiger partial charge in [0.05, 0.1) is 26.1 Å². The summed E-state index contributed by atoms with van der Waals surface area (Å²) >= 11 is 0. The number of nitrogens with one attached hydrogen (secondary N) is 1. The molecule has 0 spiro atoms. The maximum absolute atomic E-state index is 12.6. The normalized spacial score (nSPS) is 15.7. The highest BCUT2D eigenvalue weighted by molar-refractivity contribution is 5.94. The van der Waals surface area contributed by atoms with Crippen molar-refractivity contribution in [2.75, 3.05) is 19.5 Å². The molecule has 4 rings (SSSR count). The Balaban J connectivity index is 1.84. The van der Waals surface area contributed by atoms with Crippen LogP contribution in [0.4, 0.5) is 5.82 Å². The van der Waals surface area contributed by atoms with Crippen LogP contribution >= 0.6 is 0 Å². The first-order valence-electron chi connectivity index (χ1n) is 9.34. The average Bonchev–Trinajstić information content (AvgIpc) is 3.16. The zero-order valence-electron chi connectivity index (χ0n) is 16.2. The second kappa shape index (κ2) is 7.38. The van der Waals surface area contributed by atoms with Gasteiger partial charge in [-0.1, -0.05) is 31.2 Å². The standard InChI is InChI=1S/C22H23N3O3/c1-4-14-7-5-6-8-19(14)25-22-18(13-23-25)17(12-21(26)24-22)16-10-9-15(27-2)11-20(16)28-3/h5-11,13,17H,4,12H2,1-3H3,(H,24,26)/t17-/m1/s1. The number of benzene rings is 2. The third-order valence-electron chi connectivity index (χ3n) is 5.24. The number of amides is 1. The number of rotatable bonds is 5. The van der Waals surface area contributed by atoms with Crippen molar-refractivity contribution < 1.29 is 14.3 Å². The lowest BCUT2D eigenvalue weighted by Gasteiger charge is -2.25. The van der Waals surface area contributed by atoms with Gasteiger partial charge in [0.25, 0.3) is 0 Å². The molecule has 1 aliphatic rings. The quantitative estimate of drug-likeness (QED) is 0.732. The van der Waals surface area contributed by atoms with Gasteiger partial charge in [-0.3, -0.25) is 4.79 Å². The summed E-state index contributed by atoms with van der Waals surface area (Å²) in [4.78, 5) is 12.6. The van der Waals surface area contributed by atoms with E-state index in [1.165, 1.54) is 5.56 Å². The van der Waals surface area contributed by atoms with E-state index in [0.29, 0.717) is 17.9 Å². The van der Waals surface area contributed by atoms with Crippen molar-refractivity contribution >= 4 is 11.7 Å². The molecule has 2 heterocycles. The number of anilines is 1. The minimum atomic E-state index is -0.132. The van der Waals surface area contributed by atoms with E-state index >= 15 is 0 Å². The second-order valence-corrected chi connectivity index (χ2v) is 6.76. The summed E-state index contributed by atoms with van der Waals surface area (Å²) in [5, 5.41) is 7.63. The Hall–Kier alpha value is -3.28. The molecule has 0 fully saturated rings. The van der Waals surface area contributed by atoms with Crippen molar-refractivity contribution in [1.29, 1.82) is 0 Å². The van der Waals surface area contributed by atoms with E-state index in [0.717, 1.165) is 29.1 Å². The molecule has 0 saturated heterocycles. The van der Waals surface area contributed by atoms with Crippen LogP contribution in [0.25, 0.3) is 5.69 Å². The predicted molar refractivity (Wildman–Crippen MR) is 108 cm³/mol. The maximum Gasteiger partial charge on any atom is 0.226 e. The molecule has 1 N–H and O–H groups in total. The number of nitrogens with zero attached hydrogens (tertiary/aromatic N) is 2. The highest BCUT2D eigenvalue weighted by Gasteiger charge is 2.32. The van der Waals surface area contributed by atoms with E-state index in [4.69, 9.17) is 9.47 Å². The van der Waals surface area contributed by atoms with Gasteiger partial charge < -0.3 is 14.8 Å². The monoisotopic (exact) mass is 377 g/mol. The van der Waals surface area contributed by atoms with Gasteiger partial charge in [-0.25, -0.2) is 4.68 Å². The zero-order chi connectivity index (χ0) is 19.7. The molecule has 28 heavy (non-hydrogen) atoms. The average molecular weight is 377 g/mol. The Bertz CT molecular complexity index is 1030. The predicted octanol–water partition coefficient (Wildman–Crippen LogP) is 3.93. The van der Waals surface area contributed by atoms with Crippen LogP contribution in [0.2, 0.25) is 0 Å². The third kappa shape index (κ3) is 3.01. The van der Waals surface area contributed by atoms with E-state index < -0.39 is 0 Å². The zero-order valence-corrected chi connectivity index (χ0v) is 16.2. The number of fused-ring (bicyclic) bond motifs is 1. The van der Waals surface area contributed by atoms with Crippen LogP contribution in [0.15, 0.2) is 48.7 Å². The summed E-state index contributed by atoms with van der Waals surface area (Å²) in [7, 11) is 3.25. The molecule has 0 radical (unpaired) electrons. The molecule has 3 aromatic rings. The maximum atomic E-state index is 12.6. The molecule has 1 amide bonds. The van der Waals surface area contributed by atoms with Crippen molar-refractivity contribution in [3.8, 4) is 17.2 Å². The minimum Gasteiger partial charge on any atom is -0.497 e. The first-order chi connectivity index (χ1) is 13.7. The molecule has 0 aliphatic carbocycles. The topological polar surface area (TPSA) is 65.4 Å². The van der Waals surface area contributed by atoms with Gasteiger partial charge in [-0.05, 0) is 24.1 Å². The van der Waals surface area contributed by atoms with Crippen molar-refractivity contribution in [2.24, 2.45) is 0 Å². The van der Waals surface area contributed by atoms with E-state index in [9.17, 15) is 4.79 Å². The van der Waals surface area contributed by atoms with E-state index in [1.807, 2.05) is 47.3 Å². The lowest BCUT2D eigenvalue weighted by Crippen LogP contribution is -2.25. The van der Waals surface area contributed by atoms with Crippen LogP contribution in [-0.4, -0.2) is 29.9 Å². The molecule has 0 saturated carbocycles. The number of aromatic nitrogens is 2. The number of ether oxygens (including phenoxy) is 2. The fraction of sp³-hybridized carbons (Fsp3) is 0.273. The lowest BCUT2D eigenvalue weighted by atomic mass is 9.86. The van der Waals surface area contributed by atoms with Crippen LogP contribution in [0.1, 0.15) is 36.0 Å². The van der Waals surface area contributed by atoms with Crippen LogP contribution in [0, 0.1) is 0 Å². The van der Waals surface area contributed by atoms with E-state index in [1.54, 1.807) is 14.2 Å². The fourth-order valence-electron chi connectivity index (χ4n) is 3.80. The molecule has 1 aliphatic heterocycles. The summed E-state index contributed by atoms with van der Waals surface area (Å²) in [5.41, 5.74) is 4.08. The molecule has 1 atom stereocenters. The molecular formula is C22H23N3O3. The summed E-state index contributed by atoms with van der Waals surface area (Å²) < 4.78 is 12.7. The smallest absolute Gasteiger partial charge is 0.226 e. The van der Waals surface area contributed by atoms with Crippen LogP contribution in [0.5, 0.6) is 11.5 Å². The van der Waals surface area contributed by atoms with Gasteiger partial charge in [-0.2, -0.15) is 5.10 Å². The lowest BCUT2D eigenvalue weighted by molar-refractivity contribution is -0.116. The van der Waals surface area contributed by atoms with Crippen molar-refractivity contribution in [2.45, 2.75) is 25.7 Å². The Morgan fingerprint density at radius 3 is 2.71 bits per heavy atom. The van der Waals surface area contributed by atoms with Crippen molar-refractivity contribution in [3.05, 3.63) is 65.4 Å². The minimum absolute atomic E-state index is 0.0360. The van der Waals surface area contributed by atoms with Crippen LogP contribution < -0.4 is 14.8 Å². The number of aryl methyl sites for hydroxylation is 1. The van der Waals surface area contributed by atoms with Crippen molar-refractivity contribution in [1.82, 2.24) is 9.78 Å². The van der Waals surface area contributed by atoms with E-state index in [-0.39, 0.29) is 11.8 Å². The van der Waals surface area contributed by atoms with Gasteiger partial charge >= 0.3 is 0 Å². The van der Waals surface area contributed by atoms with Gasteiger partial charge in [0.15, 0.2) is 0 Å². The van der Waals surface area contributed by atoms with Crippen molar-refractivity contribution in [3.63, 3.8) is 0 Å². The number of carbonyl (C=O) groups excluding carboxylic acids is 1. The summed E-state index contributed by atoms with van der Waals surface area (Å²) in [6.07, 6.45) is 3.07. The third-order valence-corrected chi connectivity index (χ3v) is 5.24. The van der Waals surface area contributed by atoms with Gasteiger partial charge in [-0.15, -0.1) is 0 Å². The number of methoxy groups -OCH3 is 2. The number of hydrogen-bond acceptors (Lipinski definition) is 4. The number of carbonyl (C=O) groups is 1. The molecule has 0 unspecified atom stereocenters. The fourth-order valence-corrected chi connectivity index (χ4v) is 3.80. The van der Waals surface area contributed by atoms with Gasteiger partial charge in [0.2, 0.25) is 5.91 Å². The molecule has 1 aromatic heterocycles. The highest BCUT2D eigenvalue weighted by atomic mass is 16.5. The summed E-state index contributed by atoms with van der Waals surface area (Å²) in [5.74, 6) is 1.97. The van der Waals surface area contributed by atoms with Crippen LogP contribution in [0.3, 0.4) is 0 Å². The number of hydrogen-bond donors (Lipinski definition) is 1. The molecule has 0 bridgehead atoms. The summed E-state index contributed by atoms with van der Waals surface area (Å²) in [6, 6.07) is 13.8. The molecule has 2 aromatic carbocycles. The molecule has 6 nitrogen and oxygen atoms in total. The van der Waals surface area contributed by atoms with Gasteiger partial charge in [0.1, 0.15) is 17.3 Å². The summed E-state index contributed by atoms with van der Waals surface area (Å²) in [6.45, 7) is 2.11. The van der Waals surface area contributed by atoms with Gasteiger partial charge in [0, 0.05) is 29.5 Å². The SMILES string of the molecule is CCc1ccccc1-n1ncc2c1NC(=O)C[C@@H]2c1ccc(OC)cc1OC. The van der Waals surface area contributed by atoms with E-state index in [2.05, 4.69) is 23.4 Å². The molecule has 144 valence electrons. The Morgan fingerprint density at radius 2 is 1.96 bits per heavy atom. The molecule has 6 heteroatoms.